The second-order valence-corrected chi connectivity index (χ2v) is 3.94. The SMILES string of the molecule is CCOC(=O)CC(Cc1ccccc1)C(F)(F)F. The second kappa shape index (κ2) is 6.42. The highest BCUT2D eigenvalue weighted by Gasteiger charge is 2.41. The van der Waals surface area contributed by atoms with Crippen molar-refractivity contribution >= 4 is 5.97 Å². The van der Waals surface area contributed by atoms with Crippen LogP contribution in [0.15, 0.2) is 30.3 Å². The number of halogens is 3. The Kier molecular flexibility index (Phi) is 5.19. The zero-order valence-corrected chi connectivity index (χ0v) is 10.0. The zero-order valence-electron chi connectivity index (χ0n) is 10.0. The molecule has 18 heavy (non-hydrogen) atoms. The number of esters is 1. The van der Waals surface area contributed by atoms with E-state index >= 15 is 0 Å². The summed E-state index contributed by atoms with van der Waals surface area (Å²) in [6, 6.07) is 8.31. The first kappa shape index (κ1) is 14.5. The molecule has 2 nitrogen and oxygen atoms in total. The lowest BCUT2D eigenvalue weighted by atomic mass is 9.96. The van der Waals surface area contributed by atoms with Gasteiger partial charge in [-0.05, 0) is 18.9 Å². The average molecular weight is 260 g/mol. The highest BCUT2D eigenvalue weighted by atomic mass is 19.4. The maximum atomic E-state index is 12.8. The molecule has 0 aliphatic carbocycles. The number of hydrogen-bond acceptors (Lipinski definition) is 2. The van der Waals surface area contributed by atoms with Gasteiger partial charge in [-0.15, -0.1) is 0 Å². The van der Waals surface area contributed by atoms with Crippen LogP contribution in [-0.2, 0) is 16.0 Å². The normalized spacial score (nSPS) is 13.1. The Labute approximate surface area is 104 Å². The fourth-order valence-corrected chi connectivity index (χ4v) is 1.62. The summed E-state index contributed by atoms with van der Waals surface area (Å²) in [7, 11) is 0. The molecule has 100 valence electrons. The van der Waals surface area contributed by atoms with Crippen molar-refractivity contribution in [3.63, 3.8) is 0 Å². The topological polar surface area (TPSA) is 26.3 Å². The molecule has 0 aromatic heterocycles. The van der Waals surface area contributed by atoms with Crippen molar-refractivity contribution in [2.24, 2.45) is 5.92 Å². The molecule has 0 heterocycles. The molecule has 1 aromatic carbocycles. The fraction of sp³-hybridized carbons (Fsp3) is 0.462. The zero-order chi connectivity index (χ0) is 13.6. The molecule has 1 aromatic rings. The predicted octanol–water partition coefficient (Wildman–Crippen LogP) is 3.36. The van der Waals surface area contributed by atoms with Crippen LogP contribution in [0.4, 0.5) is 13.2 Å². The van der Waals surface area contributed by atoms with Gasteiger partial charge < -0.3 is 4.74 Å². The van der Waals surface area contributed by atoms with E-state index in [2.05, 4.69) is 4.74 Å². The summed E-state index contributed by atoms with van der Waals surface area (Å²) >= 11 is 0. The molecule has 1 unspecified atom stereocenters. The molecule has 0 radical (unpaired) electrons. The van der Waals surface area contributed by atoms with Crippen molar-refractivity contribution < 1.29 is 22.7 Å². The molecule has 0 N–H and O–H groups in total. The van der Waals surface area contributed by atoms with Crippen molar-refractivity contribution in [3.8, 4) is 0 Å². The van der Waals surface area contributed by atoms with Crippen molar-refractivity contribution in [1.29, 1.82) is 0 Å². The maximum Gasteiger partial charge on any atom is 0.392 e. The van der Waals surface area contributed by atoms with Crippen LogP contribution in [0.5, 0.6) is 0 Å². The molecule has 0 saturated heterocycles. The molecule has 0 amide bonds. The van der Waals surface area contributed by atoms with Gasteiger partial charge in [-0.2, -0.15) is 13.2 Å². The molecule has 0 bridgehead atoms. The summed E-state index contributed by atoms with van der Waals surface area (Å²) in [4.78, 5) is 11.2. The molecular weight excluding hydrogens is 245 g/mol. The van der Waals surface area contributed by atoms with Gasteiger partial charge in [-0.3, -0.25) is 4.79 Å². The minimum absolute atomic E-state index is 0.0920. The van der Waals surface area contributed by atoms with E-state index in [4.69, 9.17) is 0 Å². The lowest BCUT2D eigenvalue weighted by Crippen LogP contribution is -2.28. The second-order valence-electron chi connectivity index (χ2n) is 3.94. The molecule has 5 heteroatoms. The number of rotatable bonds is 5. The van der Waals surface area contributed by atoms with Gasteiger partial charge in [0, 0.05) is 0 Å². The first-order valence-corrected chi connectivity index (χ1v) is 5.69. The monoisotopic (exact) mass is 260 g/mol. The summed E-state index contributed by atoms with van der Waals surface area (Å²) in [5.74, 6) is -2.50. The van der Waals surface area contributed by atoms with Gasteiger partial charge in [0.2, 0.25) is 0 Å². The van der Waals surface area contributed by atoms with E-state index in [1.54, 1.807) is 37.3 Å². The Hall–Kier alpha value is -1.52. The number of benzene rings is 1. The number of hydrogen-bond donors (Lipinski definition) is 0. The van der Waals surface area contributed by atoms with Crippen LogP contribution in [0.2, 0.25) is 0 Å². The summed E-state index contributed by atoms with van der Waals surface area (Å²) in [5.41, 5.74) is 0.559. The van der Waals surface area contributed by atoms with Gasteiger partial charge >= 0.3 is 12.1 Å². The molecule has 0 spiro atoms. The lowest BCUT2D eigenvalue weighted by Gasteiger charge is -2.19. The molecule has 1 atom stereocenters. The van der Waals surface area contributed by atoms with Crippen molar-refractivity contribution in [2.45, 2.75) is 25.9 Å². The third-order valence-electron chi connectivity index (χ3n) is 2.51. The van der Waals surface area contributed by atoms with E-state index in [0.29, 0.717) is 5.56 Å². The number of carbonyl (C=O) groups is 1. The van der Waals surface area contributed by atoms with Crippen LogP contribution >= 0.6 is 0 Å². The van der Waals surface area contributed by atoms with E-state index in [-0.39, 0.29) is 13.0 Å². The van der Waals surface area contributed by atoms with Gasteiger partial charge in [0.1, 0.15) is 0 Å². The number of alkyl halides is 3. The Bertz CT molecular complexity index is 374. The summed E-state index contributed by atoms with van der Waals surface area (Å²) < 4.78 is 43.0. The highest BCUT2D eigenvalue weighted by Crippen LogP contribution is 2.32. The molecule has 0 fully saturated rings. The minimum atomic E-state index is -4.40. The fourth-order valence-electron chi connectivity index (χ4n) is 1.62. The Morgan fingerprint density at radius 2 is 1.89 bits per heavy atom. The van der Waals surface area contributed by atoms with Gasteiger partial charge in [0.05, 0.1) is 18.9 Å². The van der Waals surface area contributed by atoms with Crippen LogP contribution < -0.4 is 0 Å². The van der Waals surface area contributed by atoms with Crippen LogP contribution in [0, 0.1) is 5.92 Å². The molecular formula is C13H15F3O2. The molecule has 0 aliphatic rings. The quantitative estimate of drug-likeness (QED) is 0.759. The minimum Gasteiger partial charge on any atom is -0.466 e. The average Bonchev–Trinajstić information content (AvgIpc) is 2.28. The van der Waals surface area contributed by atoms with Gasteiger partial charge in [0.25, 0.3) is 0 Å². The van der Waals surface area contributed by atoms with Gasteiger partial charge in [0.15, 0.2) is 0 Å². The van der Waals surface area contributed by atoms with E-state index in [1.165, 1.54) is 0 Å². The lowest BCUT2D eigenvalue weighted by molar-refractivity contribution is -0.184. The molecule has 0 saturated carbocycles. The van der Waals surface area contributed by atoms with Crippen molar-refractivity contribution in [2.75, 3.05) is 6.61 Å². The Balaban J connectivity index is 2.71. The van der Waals surface area contributed by atoms with Crippen LogP contribution in [0.25, 0.3) is 0 Å². The standard InChI is InChI=1S/C13H15F3O2/c1-2-18-12(17)9-11(13(14,15)16)8-10-6-4-3-5-7-10/h3-7,11H,2,8-9H2,1H3. The molecule has 0 aliphatic heterocycles. The van der Waals surface area contributed by atoms with Gasteiger partial charge in [-0.25, -0.2) is 0 Å². The summed E-state index contributed by atoms with van der Waals surface area (Å²) in [6.45, 7) is 1.66. The van der Waals surface area contributed by atoms with E-state index < -0.39 is 24.5 Å². The van der Waals surface area contributed by atoms with E-state index in [0.717, 1.165) is 0 Å². The third kappa shape index (κ3) is 4.77. The summed E-state index contributed by atoms with van der Waals surface area (Å²) in [5, 5.41) is 0. The first-order chi connectivity index (χ1) is 8.43. The third-order valence-corrected chi connectivity index (χ3v) is 2.51. The summed E-state index contributed by atoms with van der Waals surface area (Å²) in [6.07, 6.45) is -5.24. The maximum absolute atomic E-state index is 12.8. The van der Waals surface area contributed by atoms with E-state index in [9.17, 15) is 18.0 Å². The Morgan fingerprint density at radius 3 is 2.39 bits per heavy atom. The Morgan fingerprint density at radius 1 is 1.28 bits per heavy atom. The predicted molar refractivity (Wildman–Crippen MR) is 60.9 cm³/mol. The van der Waals surface area contributed by atoms with E-state index in [1.807, 2.05) is 0 Å². The largest absolute Gasteiger partial charge is 0.466 e. The van der Waals surface area contributed by atoms with Crippen molar-refractivity contribution in [3.05, 3.63) is 35.9 Å². The van der Waals surface area contributed by atoms with Crippen molar-refractivity contribution in [1.82, 2.24) is 0 Å². The highest BCUT2D eigenvalue weighted by molar-refractivity contribution is 5.69. The number of carbonyl (C=O) groups excluding carboxylic acids is 1. The smallest absolute Gasteiger partial charge is 0.392 e. The molecule has 1 rings (SSSR count). The van der Waals surface area contributed by atoms with Crippen LogP contribution in [-0.4, -0.2) is 18.8 Å². The number of ether oxygens (including phenoxy) is 1. The van der Waals surface area contributed by atoms with Crippen LogP contribution in [0.1, 0.15) is 18.9 Å². The first-order valence-electron chi connectivity index (χ1n) is 5.69. The van der Waals surface area contributed by atoms with Crippen LogP contribution in [0.3, 0.4) is 0 Å². The van der Waals surface area contributed by atoms with Gasteiger partial charge in [-0.1, -0.05) is 30.3 Å².